The standard InChI is InChI=1S/C29H27ClN4O3S/c1-32-13-11-22-23-16-34(29(36)31-21-9-4-7-19(15-21)28(35)37-2)26(18-6-3-8-20(30)14-18)24-10-5-12-33(24)27(23)38-25(22)17-32/h3-10,12,14-15,26H,11,13,16-17H2,1-2H3,(H,31,36)/t26-/m0/s1. The van der Waals surface area contributed by atoms with E-state index in [1.54, 1.807) is 24.3 Å². The van der Waals surface area contributed by atoms with E-state index in [9.17, 15) is 9.59 Å². The van der Waals surface area contributed by atoms with E-state index in [2.05, 4.69) is 34.1 Å². The fourth-order valence-electron chi connectivity index (χ4n) is 5.42. The molecule has 2 aliphatic rings. The Hall–Kier alpha value is -3.59. The molecule has 0 aliphatic carbocycles. The van der Waals surface area contributed by atoms with Gasteiger partial charge in [0.25, 0.3) is 0 Å². The number of benzene rings is 2. The molecule has 4 heterocycles. The Morgan fingerprint density at radius 3 is 2.71 bits per heavy atom. The molecule has 0 unspecified atom stereocenters. The zero-order valence-electron chi connectivity index (χ0n) is 21.1. The summed E-state index contributed by atoms with van der Waals surface area (Å²) in [6, 6.07) is 18.0. The molecule has 1 N–H and O–H groups in total. The lowest BCUT2D eigenvalue weighted by Gasteiger charge is -2.32. The Bertz CT molecular complexity index is 1540. The van der Waals surface area contributed by atoms with Crippen LogP contribution in [-0.2, 0) is 24.2 Å². The van der Waals surface area contributed by atoms with E-state index in [0.29, 0.717) is 22.8 Å². The summed E-state index contributed by atoms with van der Waals surface area (Å²) in [6.45, 7) is 2.35. The van der Waals surface area contributed by atoms with Gasteiger partial charge in [-0.05, 0) is 67.1 Å². The van der Waals surface area contributed by atoms with E-state index < -0.39 is 5.97 Å². The summed E-state index contributed by atoms with van der Waals surface area (Å²) in [7, 11) is 3.48. The topological polar surface area (TPSA) is 66.8 Å². The highest BCUT2D eigenvalue weighted by Gasteiger charge is 2.36. The number of hydrogen-bond acceptors (Lipinski definition) is 5. The van der Waals surface area contributed by atoms with Crippen molar-refractivity contribution < 1.29 is 14.3 Å². The summed E-state index contributed by atoms with van der Waals surface area (Å²) in [5, 5.41) is 4.82. The first kappa shape index (κ1) is 24.7. The van der Waals surface area contributed by atoms with Crippen LogP contribution in [0.5, 0.6) is 0 Å². The number of carbonyl (C=O) groups is 2. The van der Waals surface area contributed by atoms with Gasteiger partial charge in [0, 0.05) is 40.4 Å². The molecule has 1 atom stereocenters. The Kier molecular flexibility index (Phi) is 6.47. The van der Waals surface area contributed by atoms with Crippen molar-refractivity contribution in [3.05, 3.63) is 105 Å². The number of nitrogens with zero attached hydrogens (tertiary/aromatic N) is 3. The Balaban J connectivity index is 1.46. The van der Waals surface area contributed by atoms with Crippen molar-refractivity contribution in [2.45, 2.75) is 25.6 Å². The number of rotatable bonds is 3. The minimum atomic E-state index is -0.454. The predicted octanol–water partition coefficient (Wildman–Crippen LogP) is 6.10. The third-order valence-electron chi connectivity index (χ3n) is 7.22. The first-order valence-electron chi connectivity index (χ1n) is 12.4. The van der Waals surface area contributed by atoms with Crippen LogP contribution in [-0.4, -0.2) is 47.1 Å². The molecule has 2 amide bonds. The summed E-state index contributed by atoms with van der Waals surface area (Å²) < 4.78 is 7.09. The average Bonchev–Trinajstić information content (AvgIpc) is 3.49. The van der Waals surface area contributed by atoms with Crippen LogP contribution in [0, 0.1) is 0 Å². The SMILES string of the molecule is COC(=O)c1cccc(NC(=O)N2Cc3c(sc4c3CCN(C)C4)-n3cccc3[C@@H]2c2cccc(Cl)c2)c1. The monoisotopic (exact) mass is 546 g/mol. The minimum Gasteiger partial charge on any atom is -0.465 e. The van der Waals surface area contributed by atoms with Gasteiger partial charge in [-0.25, -0.2) is 9.59 Å². The van der Waals surface area contributed by atoms with Gasteiger partial charge in [-0.1, -0.05) is 29.8 Å². The third-order valence-corrected chi connectivity index (χ3v) is 8.71. The molecule has 194 valence electrons. The van der Waals surface area contributed by atoms with Crippen LogP contribution in [0.15, 0.2) is 66.9 Å². The van der Waals surface area contributed by atoms with E-state index in [1.165, 1.54) is 28.1 Å². The van der Waals surface area contributed by atoms with Crippen molar-refractivity contribution >= 4 is 40.6 Å². The second-order valence-electron chi connectivity index (χ2n) is 9.67. The van der Waals surface area contributed by atoms with Gasteiger partial charge in [0.1, 0.15) is 5.00 Å². The molecule has 0 saturated carbocycles. The number of nitrogens with one attached hydrogen (secondary N) is 1. The number of esters is 1. The summed E-state index contributed by atoms with van der Waals surface area (Å²) in [5.74, 6) is -0.454. The average molecular weight is 547 g/mol. The minimum absolute atomic E-state index is 0.259. The van der Waals surface area contributed by atoms with Crippen LogP contribution in [0.3, 0.4) is 0 Å². The normalized spacial score (nSPS) is 16.7. The molecule has 0 fully saturated rings. The Morgan fingerprint density at radius 2 is 1.89 bits per heavy atom. The number of fused-ring (bicyclic) bond motifs is 5. The second kappa shape index (κ2) is 9.94. The molecule has 2 aliphatic heterocycles. The number of halogens is 1. The number of urea groups is 1. The number of ether oxygens (including phenoxy) is 1. The highest BCUT2D eigenvalue weighted by Crippen LogP contribution is 2.43. The van der Waals surface area contributed by atoms with E-state index in [4.69, 9.17) is 16.3 Å². The Labute approximate surface area is 230 Å². The molecule has 6 rings (SSSR count). The molecule has 7 nitrogen and oxygen atoms in total. The lowest BCUT2D eigenvalue weighted by molar-refractivity contribution is 0.0600. The van der Waals surface area contributed by atoms with Crippen LogP contribution >= 0.6 is 22.9 Å². The predicted molar refractivity (Wildman–Crippen MR) is 149 cm³/mol. The number of methoxy groups -OCH3 is 1. The molecule has 2 aromatic heterocycles. The molecule has 2 aromatic carbocycles. The zero-order chi connectivity index (χ0) is 26.4. The highest BCUT2D eigenvalue weighted by atomic mass is 35.5. The van der Waals surface area contributed by atoms with Gasteiger partial charge in [0.05, 0.1) is 31.0 Å². The fourth-order valence-corrected chi connectivity index (χ4v) is 7.06. The van der Waals surface area contributed by atoms with Gasteiger partial charge >= 0.3 is 12.0 Å². The molecular weight excluding hydrogens is 520 g/mol. The largest absolute Gasteiger partial charge is 0.465 e. The van der Waals surface area contributed by atoms with E-state index in [-0.39, 0.29) is 12.1 Å². The number of likely N-dealkylation sites (N-methyl/N-ethyl adjacent to an activating group) is 1. The van der Waals surface area contributed by atoms with Crippen molar-refractivity contribution in [2.24, 2.45) is 0 Å². The van der Waals surface area contributed by atoms with Crippen molar-refractivity contribution in [2.75, 3.05) is 26.0 Å². The fraction of sp³-hybridized carbons (Fsp3) is 0.241. The van der Waals surface area contributed by atoms with Crippen LogP contribution in [0.2, 0.25) is 5.02 Å². The van der Waals surface area contributed by atoms with E-state index >= 15 is 0 Å². The number of carbonyl (C=O) groups excluding carboxylic acids is 2. The lowest BCUT2D eigenvalue weighted by Crippen LogP contribution is -2.38. The smallest absolute Gasteiger partial charge is 0.337 e. The Morgan fingerprint density at radius 1 is 1.05 bits per heavy atom. The van der Waals surface area contributed by atoms with E-state index in [1.807, 2.05) is 46.6 Å². The summed E-state index contributed by atoms with van der Waals surface area (Å²) in [5.41, 5.74) is 5.37. The maximum Gasteiger partial charge on any atom is 0.337 e. The van der Waals surface area contributed by atoms with Crippen LogP contribution in [0.4, 0.5) is 10.5 Å². The van der Waals surface area contributed by atoms with Gasteiger partial charge in [0.2, 0.25) is 0 Å². The maximum absolute atomic E-state index is 14.1. The highest BCUT2D eigenvalue weighted by molar-refractivity contribution is 7.15. The molecule has 38 heavy (non-hydrogen) atoms. The van der Waals surface area contributed by atoms with Crippen molar-refractivity contribution in [1.29, 1.82) is 0 Å². The van der Waals surface area contributed by atoms with Crippen LogP contribution < -0.4 is 5.32 Å². The van der Waals surface area contributed by atoms with Crippen LogP contribution in [0.25, 0.3) is 5.00 Å². The summed E-state index contributed by atoms with van der Waals surface area (Å²) in [6.07, 6.45) is 3.03. The van der Waals surface area contributed by atoms with Gasteiger partial charge in [-0.15, -0.1) is 11.3 Å². The molecule has 0 saturated heterocycles. The van der Waals surface area contributed by atoms with Crippen molar-refractivity contribution in [3.63, 3.8) is 0 Å². The van der Waals surface area contributed by atoms with Crippen LogP contribution in [0.1, 0.15) is 43.7 Å². The number of thiophene rings is 1. The summed E-state index contributed by atoms with van der Waals surface area (Å²) in [4.78, 5) is 31.7. The van der Waals surface area contributed by atoms with Gasteiger partial charge in [0.15, 0.2) is 0 Å². The molecule has 9 heteroatoms. The summed E-state index contributed by atoms with van der Waals surface area (Å²) >= 11 is 8.24. The van der Waals surface area contributed by atoms with E-state index in [0.717, 1.165) is 30.8 Å². The van der Waals surface area contributed by atoms with Gasteiger partial charge in [-0.3, -0.25) is 0 Å². The number of aromatic nitrogens is 1. The van der Waals surface area contributed by atoms with Gasteiger partial charge < -0.3 is 24.4 Å². The number of anilines is 1. The molecule has 4 aromatic rings. The quantitative estimate of drug-likeness (QED) is 0.315. The third kappa shape index (κ3) is 4.38. The first-order valence-corrected chi connectivity index (χ1v) is 13.6. The van der Waals surface area contributed by atoms with Gasteiger partial charge in [-0.2, -0.15) is 0 Å². The molecule has 0 radical (unpaired) electrons. The second-order valence-corrected chi connectivity index (χ2v) is 11.2. The number of hydrogen-bond donors (Lipinski definition) is 1. The molecule has 0 bridgehead atoms. The first-order chi connectivity index (χ1) is 18.4. The molecular formula is C29H27ClN4O3S. The lowest BCUT2D eigenvalue weighted by atomic mass is 10.0. The molecule has 0 spiro atoms. The van der Waals surface area contributed by atoms with Crippen molar-refractivity contribution in [3.8, 4) is 5.00 Å². The van der Waals surface area contributed by atoms with Crippen molar-refractivity contribution in [1.82, 2.24) is 14.4 Å². The zero-order valence-corrected chi connectivity index (χ0v) is 22.7. The number of amides is 2. The maximum atomic E-state index is 14.1.